The molecule has 2 rings (SSSR count). The normalized spacial score (nSPS) is 19.0. The number of carbonyl (C=O) groups excluding carboxylic acids is 1. The van der Waals surface area contributed by atoms with Gasteiger partial charge in [0.1, 0.15) is 0 Å². The number of benzene rings is 1. The molecule has 2 N–H and O–H groups in total. The Balaban J connectivity index is 2.05. The van der Waals surface area contributed by atoms with E-state index in [1.807, 2.05) is 4.90 Å². The van der Waals surface area contributed by atoms with E-state index >= 15 is 0 Å². The van der Waals surface area contributed by atoms with Crippen LogP contribution in [-0.4, -0.2) is 35.1 Å². The van der Waals surface area contributed by atoms with Crippen molar-refractivity contribution >= 4 is 17.7 Å². The van der Waals surface area contributed by atoms with E-state index in [0.717, 1.165) is 32.4 Å². The highest BCUT2D eigenvalue weighted by Gasteiger charge is 2.19. The van der Waals surface area contributed by atoms with Crippen molar-refractivity contribution in [2.75, 3.05) is 18.4 Å². The molecule has 1 aromatic carbocycles. The van der Waals surface area contributed by atoms with Gasteiger partial charge < -0.3 is 15.3 Å². The summed E-state index contributed by atoms with van der Waals surface area (Å²) in [5.74, 6) is -0.326. The molecule has 1 atom stereocenters. The molecule has 1 aliphatic rings. The van der Waals surface area contributed by atoms with E-state index in [9.17, 15) is 9.59 Å². The highest BCUT2D eigenvalue weighted by molar-refractivity contribution is 5.94. The molecule has 21 heavy (non-hydrogen) atoms. The first kappa shape index (κ1) is 15.4. The van der Waals surface area contributed by atoms with Gasteiger partial charge in [0.05, 0.1) is 5.56 Å². The molecule has 2 amide bonds. The van der Waals surface area contributed by atoms with E-state index in [1.54, 1.807) is 19.1 Å². The Bertz CT molecular complexity index is 542. The van der Waals surface area contributed by atoms with Gasteiger partial charge in [-0.05, 0) is 49.8 Å². The number of rotatable bonds is 2. The molecule has 114 valence electrons. The first-order valence-corrected chi connectivity index (χ1v) is 7.37. The summed E-state index contributed by atoms with van der Waals surface area (Å²) in [7, 11) is 0. The lowest BCUT2D eigenvalue weighted by Crippen LogP contribution is -2.35. The van der Waals surface area contributed by atoms with Crippen molar-refractivity contribution in [1.29, 1.82) is 0 Å². The minimum atomic E-state index is -0.979. The molecule has 0 aromatic heterocycles. The highest BCUT2D eigenvalue weighted by Crippen LogP contribution is 2.19. The van der Waals surface area contributed by atoms with Crippen LogP contribution < -0.4 is 5.32 Å². The second-order valence-corrected chi connectivity index (χ2v) is 5.79. The predicted octanol–water partition coefficient (Wildman–Crippen LogP) is 3.35. The number of likely N-dealkylation sites (tertiary alicyclic amines) is 1. The summed E-state index contributed by atoms with van der Waals surface area (Å²) >= 11 is 0. The maximum atomic E-state index is 12.3. The number of anilines is 1. The number of nitrogens with one attached hydrogen (secondary N) is 1. The molecule has 1 unspecified atom stereocenters. The maximum Gasteiger partial charge on any atom is 0.336 e. The van der Waals surface area contributed by atoms with Crippen LogP contribution in [0.1, 0.15) is 42.1 Å². The fourth-order valence-electron chi connectivity index (χ4n) is 2.60. The van der Waals surface area contributed by atoms with Crippen molar-refractivity contribution < 1.29 is 14.7 Å². The summed E-state index contributed by atoms with van der Waals surface area (Å²) in [6.45, 7) is 5.46. The van der Waals surface area contributed by atoms with Gasteiger partial charge >= 0.3 is 12.0 Å². The molecule has 5 nitrogen and oxygen atoms in total. The zero-order valence-corrected chi connectivity index (χ0v) is 12.6. The minimum Gasteiger partial charge on any atom is -0.478 e. The third kappa shape index (κ3) is 3.97. The maximum absolute atomic E-state index is 12.3. The quantitative estimate of drug-likeness (QED) is 0.877. The van der Waals surface area contributed by atoms with Crippen LogP contribution in [0.25, 0.3) is 0 Å². The molecule has 1 saturated heterocycles. The largest absolute Gasteiger partial charge is 0.478 e. The molecule has 0 bridgehead atoms. The molecule has 1 aliphatic heterocycles. The van der Waals surface area contributed by atoms with Gasteiger partial charge in [-0.15, -0.1) is 0 Å². The summed E-state index contributed by atoms with van der Waals surface area (Å²) in [4.78, 5) is 25.2. The number of carboxylic acid groups (broad SMARTS) is 1. The summed E-state index contributed by atoms with van der Waals surface area (Å²) in [6.07, 6.45) is 3.18. The van der Waals surface area contributed by atoms with Crippen molar-refractivity contribution in [1.82, 2.24) is 4.90 Å². The molecular weight excluding hydrogens is 268 g/mol. The number of nitrogens with zero attached hydrogens (tertiary/aromatic N) is 1. The number of amides is 2. The Morgan fingerprint density at radius 3 is 2.76 bits per heavy atom. The SMILES string of the molecule is Cc1ccc(NC(=O)N2CCCC(C)CC2)cc1C(=O)O. The van der Waals surface area contributed by atoms with Crippen molar-refractivity contribution in [3.63, 3.8) is 0 Å². The summed E-state index contributed by atoms with van der Waals surface area (Å²) in [5, 5.41) is 11.9. The number of urea groups is 1. The Morgan fingerprint density at radius 2 is 2.05 bits per heavy atom. The number of hydrogen-bond acceptors (Lipinski definition) is 2. The number of aromatic carboxylic acids is 1. The molecule has 1 fully saturated rings. The van der Waals surface area contributed by atoms with Crippen LogP contribution in [0.15, 0.2) is 18.2 Å². The topological polar surface area (TPSA) is 69.6 Å². The third-order valence-corrected chi connectivity index (χ3v) is 4.02. The molecule has 0 aliphatic carbocycles. The molecule has 5 heteroatoms. The van der Waals surface area contributed by atoms with E-state index < -0.39 is 5.97 Å². The van der Waals surface area contributed by atoms with Crippen LogP contribution in [0.5, 0.6) is 0 Å². The van der Waals surface area contributed by atoms with Crippen molar-refractivity contribution in [2.45, 2.75) is 33.1 Å². The minimum absolute atomic E-state index is 0.149. The first-order valence-electron chi connectivity index (χ1n) is 7.37. The summed E-state index contributed by atoms with van der Waals surface area (Å²) < 4.78 is 0. The van der Waals surface area contributed by atoms with E-state index in [-0.39, 0.29) is 11.6 Å². The van der Waals surface area contributed by atoms with Crippen LogP contribution in [-0.2, 0) is 0 Å². The summed E-state index contributed by atoms with van der Waals surface area (Å²) in [5.41, 5.74) is 1.43. The van der Waals surface area contributed by atoms with Crippen LogP contribution >= 0.6 is 0 Å². The molecule has 1 heterocycles. The zero-order chi connectivity index (χ0) is 15.4. The van der Waals surface area contributed by atoms with E-state index in [4.69, 9.17) is 5.11 Å². The number of carboxylic acids is 1. The smallest absolute Gasteiger partial charge is 0.336 e. The second-order valence-electron chi connectivity index (χ2n) is 5.79. The lowest BCUT2D eigenvalue weighted by atomic mass is 10.0. The fourth-order valence-corrected chi connectivity index (χ4v) is 2.60. The van der Waals surface area contributed by atoms with Crippen LogP contribution in [0.4, 0.5) is 10.5 Å². The van der Waals surface area contributed by atoms with E-state index in [2.05, 4.69) is 12.2 Å². The van der Waals surface area contributed by atoms with Gasteiger partial charge in [0, 0.05) is 18.8 Å². The second kappa shape index (κ2) is 6.61. The average molecular weight is 290 g/mol. The van der Waals surface area contributed by atoms with Crippen molar-refractivity contribution in [3.05, 3.63) is 29.3 Å². The average Bonchev–Trinajstić information content (AvgIpc) is 2.65. The van der Waals surface area contributed by atoms with Crippen molar-refractivity contribution in [2.24, 2.45) is 5.92 Å². The van der Waals surface area contributed by atoms with Gasteiger partial charge in [0.15, 0.2) is 0 Å². The predicted molar refractivity (Wildman–Crippen MR) is 81.7 cm³/mol. The fraction of sp³-hybridized carbons (Fsp3) is 0.500. The van der Waals surface area contributed by atoms with Gasteiger partial charge in [0.25, 0.3) is 0 Å². The van der Waals surface area contributed by atoms with Gasteiger partial charge in [0.2, 0.25) is 0 Å². The lowest BCUT2D eigenvalue weighted by molar-refractivity contribution is 0.0696. The Hall–Kier alpha value is -2.04. The Labute approximate surface area is 125 Å². The van der Waals surface area contributed by atoms with Crippen LogP contribution in [0, 0.1) is 12.8 Å². The monoisotopic (exact) mass is 290 g/mol. The molecule has 0 saturated carbocycles. The van der Waals surface area contributed by atoms with Crippen molar-refractivity contribution in [3.8, 4) is 0 Å². The Kier molecular flexibility index (Phi) is 4.83. The van der Waals surface area contributed by atoms with Crippen LogP contribution in [0.3, 0.4) is 0 Å². The Morgan fingerprint density at radius 1 is 1.29 bits per heavy atom. The highest BCUT2D eigenvalue weighted by atomic mass is 16.4. The van der Waals surface area contributed by atoms with Gasteiger partial charge in [-0.2, -0.15) is 0 Å². The molecule has 0 radical (unpaired) electrons. The number of carbonyl (C=O) groups is 2. The summed E-state index contributed by atoms with van der Waals surface area (Å²) in [6, 6.07) is 4.81. The van der Waals surface area contributed by atoms with Gasteiger partial charge in [-0.25, -0.2) is 9.59 Å². The zero-order valence-electron chi connectivity index (χ0n) is 12.6. The molecule has 1 aromatic rings. The van der Waals surface area contributed by atoms with Gasteiger partial charge in [-0.3, -0.25) is 0 Å². The standard InChI is InChI=1S/C16H22N2O3/c1-11-4-3-8-18(9-7-11)16(21)17-13-6-5-12(2)14(10-13)15(19)20/h5-6,10-11H,3-4,7-9H2,1-2H3,(H,17,21)(H,19,20). The van der Waals surface area contributed by atoms with Gasteiger partial charge in [-0.1, -0.05) is 13.0 Å². The lowest BCUT2D eigenvalue weighted by Gasteiger charge is -2.21. The molecular formula is C16H22N2O3. The molecule has 0 spiro atoms. The number of aryl methyl sites for hydroxylation is 1. The van der Waals surface area contributed by atoms with E-state index in [1.165, 1.54) is 6.07 Å². The van der Waals surface area contributed by atoms with Crippen LogP contribution in [0.2, 0.25) is 0 Å². The number of hydrogen-bond donors (Lipinski definition) is 2. The van der Waals surface area contributed by atoms with E-state index in [0.29, 0.717) is 17.2 Å². The third-order valence-electron chi connectivity index (χ3n) is 4.02. The first-order chi connectivity index (χ1) is 9.97.